The Morgan fingerprint density at radius 3 is 2.44 bits per heavy atom. The first-order valence-electron chi connectivity index (χ1n) is 5.49. The van der Waals surface area contributed by atoms with E-state index in [1.54, 1.807) is 12.1 Å². The van der Waals surface area contributed by atoms with E-state index < -0.39 is 10.0 Å². The lowest BCUT2D eigenvalue weighted by atomic mass is 10.3. The second kappa shape index (κ2) is 6.69. The van der Waals surface area contributed by atoms with Crippen LogP contribution in [0.1, 0.15) is 0 Å². The number of anilines is 1. The lowest BCUT2D eigenvalue weighted by molar-refractivity contribution is 0.0876. The fraction of sp³-hybridized carbons (Fsp3) is 0.455. The molecule has 1 aromatic rings. The second-order valence-corrected chi connectivity index (χ2v) is 5.78. The summed E-state index contributed by atoms with van der Waals surface area (Å²) in [7, 11) is -2.03. The minimum absolute atomic E-state index is 0.0750. The highest BCUT2D eigenvalue weighted by atomic mass is 32.2. The van der Waals surface area contributed by atoms with Gasteiger partial charge in [-0.05, 0) is 24.3 Å². The van der Waals surface area contributed by atoms with E-state index in [1.807, 2.05) is 0 Å². The molecule has 0 bridgehead atoms. The highest BCUT2D eigenvalue weighted by Gasteiger charge is 2.19. The van der Waals surface area contributed by atoms with Crippen molar-refractivity contribution in [3.05, 3.63) is 24.3 Å². The van der Waals surface area contributed by atoms with E-state index in [2.05, 4.69) is 0 Å². The van der Waals surface area contributed by atoms with Crippen LogP contribution in [0.25, 0.3) is 0 Å². The number of nitrogens with zero attached hydrogens (tertiary/aromatic N) is 1. The van der Waals surface area contributed by atoms with Crippen LogP contribution in [0, 0.1) is 0 Å². The van der Waals surface area contributed by atoms with Crippen LogP contribution < -0.4 is 5.73 Å². The van der Waals surface area contributed by atoms with E-state index in [-0.39, 0.29) is 31.3 Å². The molecule has 18 heavy (non-hydrogen) atoms. The first-order valence-corrected chi connectivity index (χ1v) is 6.93. The number of ether oxygens (including phenoxy) is 1. The van der Waals surface area contributed by atoms with Crippen molar-refractivity contribution < 1.29 is 18.3 Å². The summed E-state index contributed by atoms with van der Waals surface area (Å²) in [6.45, 7) is 0.599. The van der Waals surface area contributed by atoms with Gasteiger partial charge in [-0.15, -0.1) is 0 Å². The van der Waals surface area contributed by atoms with Crippen molar-refractivity contribution in [2.45, 2.75) is 4.90 Å². The van der Waals surface area contributed by atoms with Crippen LogP contribution in [-0.4, -0.2) is 51.2 Å². The predicted octanol–water partition coefficient (Wildman–Crippen LogP) is -0.102. The second-order valence-electron chi connectivity index (χ2n) is 3.73. The van der Waals surface area contributed by atoms with Crippen LogP contribution >= 0.6 is 0 Å². The minimum atomic E-state index is -3.51. The molecular weight excluding hydrogens is 256 g/mol. The Kier molecular flexibility index (Phi) is 5.54. The van der Waals surface area contributed by atoms with Crippen LogP contribution in [0.2, 0.25) is 0 Å². The molecule has 0 aliphatic heterocycles. The SMILES string of the molecule is CN(CCOCCO)S(=O)(=O)c1ccc(N)cc1. The van der Waals surface area contributed by atoms with Gasteiger partial charge >= 0.3 is 0 Å². The van der Waals surface area contributed by atoms with Crippen LogP contribution in [-0.2, 0) is 14.8 Å². The molecular formula is C11H18N2O4S. The maximum absolute atomic E-state index is 12.1. The standard InChI is InChI=1S/C11H18N2O4S/c1-13(6-8-17-9-7-14)18(15,16)11-4-2-10(12)3-5-11/h2-5,14H,6-9,12H2,1H3. The Morgan fingerprint density at radius 1 is 1.28 bits per heavy atom. The molecule has 0 saturated heterocycles. The number of nitrogen functional groups attached to an aromatic ring is 1. The summed E-state index contributed by atoms with van der Waals surface area (Å²) in [6.07, 6.45) is 0. The van der Waals surface area contributed by atoms with E-state index in [0.717, 1.165) is 0 Å². The van der Waals surface area contributed by atoms with Gasteiger partial charge in [0.1, 0.15) is 0 Å². The Balaban J connectivity index is 2.65. The third-order valence-corrected chi connectivity index (χ3v) is 4.25. The van der Waals surface area contributed by atoms with Gasteiger partial charge in [0.25, 0.3) is 0 Å². The maximum Gasteiger partial charge on any atom is 0.242 e. The Hall–Kier alpha value is -1.15. The predicted molar refractivity (Wildman–Crippen MR) is 68.6 cm³/mol. The van der Waals surface area contributed by atoms with E-state index in [9.17, 15) is 8.42 Å². The van der Waals surface area contributed by atoms with Gasteiger partial charge in [0.15, 0.2) is 0 Å². The van der Waals surface area contributed by atoms with Crippen LogP contribution in [0.5, 0.6) is 0 Å². The Labute approximate surface area is 107 Å². The van der Waals surface area contributed by atoms with Crippen LogP contribution in [0.15, 0.2) is 29.2 Å². The molecule has 0 aliphatic carbocycles. The molecule has 0 spiro atoms. The molecule has 1 rings (SSSR count). The summed E-state index contributed by atoms with van der Waals surface area (Å²) in [5.41, 5.74) is 6.02. The Bertz CT molecular complexity index is 458. The van der Waals surface area contributed by atoms with Crippen molar-refractivity contribution in [3.8, 4) is 0 Å². The van der Waals surface area contributed by atoms with E-state index in [1.165, 1.54) is 23.5 Å². The summed E-state index contributed by atoms with van der Waals surface area (Å²) in [5, 5.41) is 8.53. The molecule has 0 radical (unpaired) electrons. The molecule has 6 nitrogen and oxygen atoms in total. The normalized spacial score (nSPS) is 11.9. The van der Waals surface area contributed by atoms with Crippen molar-refractivity contribution in [1.82, 2.24) is 4.31 Å². The molecule has 3 N–H and O–H groups in total. The molecule has 0 amide bonds. The molecule has 1 aromatic carbocycles. The summed E-state index contributed by atoms with van der Waals surface area (Å²) in [4.78, 5) is 0.196. The smallest absolute Gasteiger partial charge is 0.242 e. The number of benzene rings is 1. The number of nitrogens with two attached hydrogens (primary N) is 1. The molecule has 0 unspecified atom stereocenters. The summed E-state index contributed by atoms with van der Waals surface area (Å²) >= 11 is 0. The van der Waals surface area contributed by atoms with Gasteiger partial charge in [-0.1, -0.05) is 0 Å². The van der Waals surface area contributed by atoms with Gasteiger partial charge in [-0.3, -0.25) is 0 Å². The average Bonchev–Trinajstić information content (AvgIpc) is 2.35. The van der Waals surface area contributed by atoms with Gasteiger partial charge in [0, 0.05) is 19.3 Å². The fourth-order valence-electron chi connectivity index (χ4n) is 1.30. The number of sulfonamides is 1. The first-order chi connectivity index (χ1) is 8.48. The molecule has 0 fully saturated rings. The van der Waals surface area contributed by atoms with Crippen LogP contribution in [0.4, 0.5) is 5.69 Å². The number of likely N-dealkylation sites (N-methyl/N-ethyl adjacent to an activating group) is 1. The third-order valence-electron chi connectivity index (χ3n) is 2.37. The highest BCUT2D eigenvalue weighted by Crippen LogP contribution is 2.15. The molecule has 0 atom stereocenters. The first kappa shape index (κ1) is 14.9. The molecule has 7 heteroatoms. The zero-order valence-corrected chi connectivity index (χ0v) is 11.1. The van der Waals surface area contributed by atoms with E-state index in [0.29, 0.717) is 5.69 Å². The van der Waals surface area contributed by atoms with Crippen molar-refractivity contribution in [2.75, 3.05) is 39.1 Å². The van der Waals surface area contributed by atoms with Crippen molar-refractivity contribution in [2.24, 2.45) is 0 Å². The average molecular weight is 274 g/mol. The van der Waals surface area contributed by atoms with Gasteiger partial charge in [0.05, 0.1) is 24.7 Å². The number of rotatable bonds is 7. The molecule has 0 heterocycles. The molecule has 0 aliphatic rings. The largest absolute Gasteiger partial charge is 0.399 e. The fourth-order valence-corrected chi connectivity index (χ4v) is 2.45. The van der Waals surface area contributed by atoms with Crippen molar-refractivity contribution in [3.63, 3.8) is 0 Å². The number of hydrogen-bond acceptors (Lipinski definition) is 5. The number of hydrogen-bond donors (Lipinski definition) is 2. The number of aliphatic hydroxyl groups is 1. The quantitative estimate of drug-likeness (QED) is 0.535. The van der Waals surface area contributed by atoms with Gasteiger partial charge < -0.3 is 15.6 Å². The summed E-state index contributed by atoms with van der Waals surface area (Å²) < 4.78 is 30.4. The molecule has 0 aromatic heterocycles. The van der Waals surface area contributed by atoms with Gasteiger partial charge in [-0.25, -0.2) is 8.42 Å². The van der Waals surface area contributed by atoms with E-state index >= 15 is 0 Å². The maximum atomic E-state index is 12.1. The number of aliphatic hydroxyl groups excluding tert-OH is 1. The summed E-state index contributed by atoms with van der Waals surface area (Å²) in [6, 6.07) is 6.03. The molecule has 102 valence electrons. The van der Waals surface area contributed by atoms with Gasteiger partial charge in [-0.2, -0.15) is 4.31 Å². The third kappa shape index (κ3) is 3.95. The van der Waals surface area contributed by atoms with Crippen molar-refractivity contribution in [1.29, 1.82) is 0 Å². The monoisotopic (exact) mass is 274 g/mol. The lowest BCUT2D eigenvalue weighted by Crippen LogP contribution is -2.30. The van der Waals surface area contributed by atoms with Crippen molar-refractivity contribution >= 4 is 15.7 Å². The lowest BCUT2D eigenvalue weighted by Gasteiger charge is -2.17. The summed E-state index contributed by atoms with van der Waals surface area (Å²) in [5.74, 6) is 0. The topological polar surface area (TPSA) is 92.9 Å². The zero-order chi connectivity index (χ0) is 13.6. The molecule has 0 saturated carbocycles. The van der Waals surface area contributed by atoms with E-state index in [4.69, 9.17) is 15.6 Å². The minimum Gasteiger partial charge on any atom is -0.399 e. The Morgan fingerprint density at radius 2 is 1.89 bits per heavy atom. The highest BCUT2D eigenvalue weighted by molar-refractivity contribution is 7.89. The van der Waals surface area contributed by atoms with Gasteiger partial charge in [0.2, 0.25) is 10.0 Å². The van der Waals surface area contributed by atoms with Crippen LogP contribution in [0.3, 0.4) is 0 Å². The zero-order valence-electron chi connectivity index (χ0n) is 10.2.